The SMILES string of the molecule is C.C.C1=CCC=C1.C1=CCC=C1.C1=Cc2ccccc2C1.C1CCCC1.CC.CC.CC.CC.CC.CC.CC.CC.CC.CCC.CCC.CCC.CCC.CCC.CCC.CCc1ccccc1.CCc1ccccc1.c1ccc(Cc2ccccc2)cc1.c1ccc2ccccc2c1. The van der Waals surface area contributed by atoms with Crippen LogP contribution in [-0.2, 0) is 25.7 Å². The van der Waals surface area contributed by atoms with Crippen LogP contribution in [0.1, 0.15) is 353 Å². The zero-order valence-electron chi connectivity index (χ0n) is 72.3. The minimum Gasteiger partial charge on any atom is -0.0808 e. The Morgan fingerprint density at radius 1 is 0.228 bits per heavy atom. The third kappa shape index (κ3) is 112. The predicted octanol–water partition coefficient (Wildman–Crippen LogP) is 36.8. The van der Waals surface area contributed by atoms with E-state index in [1.165, 1.54) is 115 Å². The quantitative estimate of drug-likeness (QED) is 0.165. The number of allylic oxidation sites excluding steroid dienone is 9. The van der Waals surface area contributed by atoms with Crippen LogP contribution in [0.4, 0.5) is 0 Å². The fourth-order valence-corrected chi connectivity index (χ4v) is 6.85. The highest BCUT2D eigenvalue weighted by molar-refractivity contribution is 5.82. The molecule has 0 radical (unpaired) electrons. The van der Waals surface area contributed by atoms with Gasteiger partial charge in [0.1, 0.15) is 0 Å². The van der Waals surface area contributed by atoms with Crippen molar-refractivity contribution >= 4 is 16.8 Å². The molecular formula is C101H180. The van der Waals surface area contributed by atoms with E-state index >= 15 is 0 Å². The fourth-order valence-electron chi connectivity index (χ4n) is 6.85. The normalized spacial score (nSPS) is 9.47. The van der Waals surface area contributed by atoms with Gasteiger partial charge in [-0.2, -0.15) is 0 Å². The van der Waals surface area contributed by atoms with E-state index < -0.39 is 0 Å². The topological polar surface area (TPSA) is 0 Å². The van der Waals surface area contributed by atoms with Gasteiger partial charge in [0.25, 0.3) is 0 Å². The second kappa shape index (κ2) is 137. The Labute approximate surface area is 640 Å². The molecule has 0 heterocycles. The summed E-state index contributed by atoms with van der Waals surface area (Å²) in [5.41, 5.74) is 8.40. The van der Waals surface area contributed by atoms with E-state index in [0.29, 0.717) is 0 Å². The van der Waals surface area contributed by atoms with Crippen molar-refractivity contribution in [3.05, 3.63) is 282 Å². The Morgan fingerprint density at radius 2 is 0.426 bits per heavy atom. The molecule has 1 saturated carbocycles. The monoisotopic (exact) mass is 1390 g/mol. The molecule has 0 atom stereocenters. The fraction of sp³-hybridized carbons (Fsp3) is 0.505. The molecule has 0 aliphatic heterocycles. The molecule has 0 unspecified atom stereocenters. The summed E-state index contributed by atoms with van der Waals surface area (Å²) < 4.78 is 0. The lowest BCUT2D eigenvalue weighted by Gasteiger charge is -2.00. The van der Waals surface area contributed by atoms with Crippen molar-refractivity contribution in [2.45, 2.75) is 346 Å². The molecule has 0 spiro atoms. The second-order valence-corrected chi connectivity index (χ2v) is 19.7. The van der Waals surface area contributed by atoms with E-state index in [1.54, 1.807) is 0 Å². The molecule has 584 valence electrons. The van der Waals surface area contributed by atoms with E-state index in [2.05, 4.69) is 340 Å². The van der Waals surface area contributed by atoms with E-state index in [-0.39, 0.29) is 14.9 Å². The summed E-state index contributed by atoms with van der Waals surface area (Å²) in [6.45, 7) is 65.8. The number of benzene rings is 7. The Hall–Kier alpha value is -6.50. The van der Waals surface area contributed by atoms with E-state index in [1.807, 2.05) is 137 Å². The lowest BCUT2D eigenvalue weighted by molar-refractivity contribution is 0.886. The van der Waals surface area contributed by atoms with Crippen LogP contribution in [0.5, 0.6) is 0 Å². The summed E-state index contributed by atoms with van der Waals surface area (Å²) in [5.74, 6) is 0. The first-order chi connectivity index (χ1) is 48.7. The number of aryl methyl sites for hydroxylation is 2. The second-order valence-electron chi connectivity index (χ2n) is 19.7. The summed E-state index contributed by atoms with van der Waals surface area (Å²) >= 11 is 0. The maximum absolute atomic E-state index is 2.20. The first-order valence-electron chi connectivity index (χ1n) is 40.7. The van der Waals surface area contributed by atoms with Gasteiger partial charge < -0.3 is 0 Å². The lowest BCUT2D eigenvalue weighted by Crippen LogP contribution is -1.85. The summed E-state index contributed by atoms with van der Waals surface area (Å²) in [6.07, 6.45) is 42.8. The van der Waals surface area contributed by atoms with Crippen molar-refractivity contribution < 1.29 is 0 Å². The molecule has 11 rings (SSSR count). The van der Waals surface area contributed by atoms with Crippen LogP contribution >= 0.6 is 0 Å². The maximum Gasteiger partial charge on any atom is -0.00258 e. The van der Waals surface area contributed by atoms with Crippen LogP contribution in [0.2, 0.25) is 0 Å². The zero-order chi connectivity index (χ0) is 78.3. The Bertz CT molecular complexity index is 2200. The van der Waals surface area contributed by atoms with Crippen LogP contribution in [0.3, 0.4) is 0 Å². The van der Waals surface area contributed by atoms with Crippen LogP contribution < -0.4 is 0 Å². The minimum atomic E-state index is 0. The van der Waals surface area contributed by atoms with Gasteiger partial charge in [0.2, 0.25) is 0 Å². The average molecular weight is 1390 g/mol. The highest BCUT2D eigenvalue weighted by atomic mass is 14.1. The Kier molecular flexibility index (Phi) is 173. The number of rotatable bonds is 4. The van der Waals surface area contributed by atoms with Crippen molar-refractivity contribution in [1.82, 2.24) is 0 Å². The lowest BCUT2D eigenvalue weighted by atomic mass is 10.1. The van der Waals surface area contributed by atoms with Gasteiger partial charge >= 0.3 is 0 Å². The van der Waals surface area contributed by atoms with Crippen LogP contribution in [0.25, 0.3) is 16.8 Å². The third-order valence-electron chi connectivity index (χ3n) is 10.5. The summed E-state index contributed by atoms with van der Waals surface area (Å²) in [7, 11) is 0. The van der Waals surface area contributed by atoms with Gasteiger partial charge in [0.15, 0.2) is 0 Å². The van der Waals surface area contributed by atoms with Gasteiger partial charge in [-0.1, -0.05) is 562 Å². The standard InChI is InChI=1S/C13H12.C10H8.C9H8.2C8H10.C5H10.2C5H6.6C3H8.9C2H6.2CH4/c1-3-7-12(8-4-1)11-13-9-5-2-6-10-13;1-2-6-10-8-4-3-7-9(10)5-1;1-2-5-9-7-3-6-8(9)4-1;2*1-2-8-6-4-3-5-7-8;3*1-2-4-5-3-1;6*1-3-2;9*1-2;;/h1-10H,11H2;1-8H;1-6H,7H2;2*3-7H,2H2,1H3;1-5H2;2*1-4H,5H2;6*3H2,1-2H3;9*1-2H3;2*1H4. The molecule has 7 aromatic carbocycles. The van der Waals surface area contributed by atoms with Gasteiger partial charge in [-0.3, -0.25) is 0 Å². The van der Waals surface area contributed by atoms with Crippen molar-refractivity contribution in [2.75, 3.05) is 0 Å². The van der Waals surface area contributed by atoms with E-state index in [0.717, 1.165) is 38.5 Å². The van der Waals surface area contributed by atoms with Gasteiger partial charge in [-0.05, 0) is 82.7 Å². The first kappa shape index (κ1) is 127. The minimum absolute atomic E-state index is 0. The van der Waals surface area contributed by atoms with Gasteiger partial charge in [-0.15, -0.1) is 0 Å². The highest BCUT2D eigenvalue weighted by Gasteiger charge is 2.00. The Balaban J connectivity index is -0.0000000674. The molecule has 0 heteroatoms. The van der Waals surface area contributed by atoms with Gasteiger partial charge in [0.05, 0.1) is 0 Å². The first-order valence-corrected chi connectivity index (χ1v) is 40.7. The average Bonchev–Trinajstić information content (AvgIpc) is 1.91. The molecule has 4 aliphatic rings. The molecule has 0 amide bonds. The zero-order valence-corrected chi connectivity index (χ0v) is 72.3. The van der Waals surface area contributed by atoms with Crippen molar-refractivity contribution in [3.8, 4) is 0 Å². The van der Waals surface area contributed by atoms with Crippen LogP contribution in [0, 0.1) is 0 Å². The molecule has 0 nitrogen and oxygen atoms in total. The van der Waals surface area contributed by atoms with Crippen molar-refractivity contribution in [2.24, 2.45) is 0 Å². The third-order valence-corrected chi connectivity index (χ3v) is 10.5. The predicted molar refractivity (Wildman–Crippen MR) is 491 cm³/mol. The van der Waals surface area contributed by atoms with Crippen LogP contribution in [-0.4, -0.2) is 0 Å². The maximum atomic E-state index is 2.20. The number of fused-ring (bicyclic) bond motifs is 2. The molecule has 1 fully saturated rings. The van der Waals surface area contributed by atoms with Crippen LogP contribution in [0.15, 0.2) is 249 Å². The van der Waals surface area contributed by atoms with Crippen molar-refractivity contribution in [3.63, 3.8) is 0 Å². The molecule has 4 aliphatic carbocycles. The summed E-state index contributed by atoms with van der Waals surface area (Å²) in [4.78, 5) is 0. The summed E-state index contributed by atoms with van der Waals surface area (Å²) in [6, 6.07) is 67.2. The largest absolute Gasteiger partial charge is 0.0808 e. The van der Waals surface area contributed by atoms with E-state index in [9.17, 15) is 0 Å². The molecule has 0 N–H and O–H groups in total. The smallest absolute Gasteiger partial charge is 0.00258 e. The summed E-state index contributed by atoms with van der Waals surface area (Å²) in [5, 5.41) is 2.62. The van der Waals surface area contributed by atoms with Gasteiger partial charge in [0, 0.05) is 0 Å². The Morgan fingerprint density at radius 3 is 0.614 bits per heavy atom. The molecule has 0 bridgehead atoms. The van der Waals surface area contributed by atoms with Gasteiger partial charge in [-0.25, -0.2) is 0 Å². The number of hydrogen-bond acceptors (Lipinski definition) is 0. The number of hydrogen-bond donors (Lipinski definition) is 0. The molecule has 7 aromatic rings. The molecular weight excluding hydrogens is 1210 g/mol. The molecule has 0 saturated heterocycles. The van der Waals surface area contributed by atoms with E-state index in [4.69, 9.17) is 0 Å². The molecule has 0 aromatic heterocycles. The van der Waals surface area contributed by atoms with Crippen molar-refractivity contribution in [1.29, 1.82) is 0 Å². The highest BCUT2D eigenvalue weighted by Crippen LogP contribution is 2.18. The molecule has 101 heavy (non-hydrogen) atoms.